The van der Waals surface area contributed by atoms with Crippen molar-refractivity contribution in [1.82, 2.24) is 4.98 Å². The summed E-state index contributed by atoms with van der Waals surface area (Å²) in [5.41, 5.74) is 2.38. The molecule has 0 saturated carbocycles. The molecule has 0 radical (unpaired) electrons. The summed E-state index contributed by atoms with van der Waals surface area (Å²) in [6, 6.07) is 22.9. The third-order valence-corrected chi connectivity index (χ3v) is 5.10. The maximum Gasteiger partial charge on any atom is 0.261 e. The van der Waals surface area contributed by atoms with E-state index in [1.807, 2.05) is 36.4 Å². The topological polar surface area (TPSA) is 72.2 Å². The van der Waals surface area contributed by atoms with Crippen molar-refractivity contribution in [2.75, 3.05) is 4.72 Å². The predicted octanol–water partition coefficient (Wildman–Crippen LogP) is 4.30. The third kappa shape index (κ3) is 3.12. The monoisotopic (exact) mass is 350 g/mol. The summed E-state index contributed by atoms with van der Waals surface area (Å²) in [5, 5.41) is 0. The molecule has 1 heterocycles. The van der Waals surface area contributed by atoms with Crippen LogP contribution in [0.1, 0.15) is 0 Å². The van der Waals surface area contributed by atoms with E-state index >= 15 is 0 Å². The summed E-state index contributed by atoms with van der Waals surface area (Å²) >= 11 is 0. The number of oxazole rings is 1. The van der Waals surface area contributed by atoms with Crippen molar-refractivity contribution in [3.8, 4) is 11.5 Å². The molecule has 1 N–H and O–H groups in total. The van der Waals surface area contributed by atoms with E-state index in [9.17, 15) is 8.42 Å². The molecule has 0 bridgehead atoms. The van der Waals surface area contributed by atoms with E-state index in [0.717, 1.165) is 5.56 Å². The van der Waals surface area contributed by atoms with E-state index in [1.54, 1.807) is 30.3 Å². The van der Waals surface area contributed by atoms with Crippen LogP contribution >= 0.6 is 0 Å². The van der Waals surface area contributed by atoms with Gasteiger partial charge in [-0.3, -0.25) is 4.72 Å². The van der Waals surface area contributed by atoms with Crippen molar-refractivity contribution in [1.29, 1.82) is 0 Å². The lowest BCUT2D eigenvalue weighted by molar-refractivity contribution is 0.601. The number of fused-ring (bicyclic) bond motifs is 1. The molecule has 124 valence electrons. The van der Waals surface area contributed by atoms with Gasteiger partial charge < -0.3 is 4.42 Å². The van der Waals surface area contributed by atoms with Gasteiger partial charge in [0.2, 0.25) is 5.89 Å². The third-order valence-electron chi connectivity index (χ3n) is 3.72. The number of nitrogens with one attached hydrogen (secondary N) is 1. The molecule has 4 aromatic rings. The van der Waals surface area contributed by atoms with E-state index in [0.29, 0.717) is 22.7 Å². The van der Waals surface area contributed by atoms with Crippen LogP contribution in [0.15, 0.2) is 88.2 Å². The highest BCUT2D eigenvalue weighted by molar-refractivity contribution is 7.92. The highest BCUT2D eigenvalue weighted by atomic mass is 32.2. The molecule has 0 atom stereocenters. The summed E-state index contributed by atoms with van der Waals surface area (Å²) in [5.74, 6) is 0.459. The summed E-state index contributed by atoms with van der Waals surface area (Å²) in [7, 11) is -3.69. The molecule has 0 saturated heterocycles. The van der Waals surface area contributed by atoms with Gasteiger partial charge in [-0.1, -0.05) is 36.4 Å². The van der Waals surface area contributed by atoms with E-state index in [-0.39, 0.29) is 4.90 Å². The minimum Gasteiger partial charge on any atom is -0.436 e. The normalized spacial score (nSPS) is 11.5. The second-order valence-electron chi connectivity index (χ2n) is 5.49. The van der Waals surface area contributed by atoms with E-state index in [2.05, 4.69) is 9.71 Å². The Hall–Kier alpha value is -3.12. The number of nitrogens with zero attached hydrogens (tertiary/aromatic N) is 1. The first kappa shape index (κ1) is 15.4. The molecule has 0 aliphatic heterocycles. The standard InChI is InChI=1S/C19H14N2O3S/c22-25(23,21-15-9-5-2-6-10-15)16-11-12-18-17(13-16)20-19(24-18)14-7-3-1-4-8-14/h1-13,21H. The Morgan fingerprint density at radius 2 is 1.52 bits per heavy atom. The van der Waals surface area contributed by atoms with Crippen molar-refractivity contribution in [2.45, 2.75) is 4.90 Å². The van der Waals surface area contributed by atoms with Gasteiger partial charge in [-0.25, -0.2) is 13.4 Å². The molecular formula is C19H14N2O3S. The van der Waals surface area contributed by atoms with E-state index < -0.39 is 10.0 Å². The van der Waals surface area contributed by atoms with Gasteiger partial charge in [0.05, 0.1) is 4.90 Å². The molecule has 0 unspecified atom stereocenters. The van der Waals surface area contributed by atoms with Crippen molar-refractivity contribution in [3.63, 3.8) is 0 Å². The number of anilines is 1. The minimum atomic E-state index is -3.69. The highest BCUT2D eigenvalue weighted by Gasteiger charge is 2.17. The number of benzene rings is 3. The van der Waals surface area contributed by atoms with Crippen LogP contribution in [0.4, 0.5) is 5.69 Å². The van der Waals surface area contributed by atoms with Crippen LogP contribution in [-0.2, 0) is 10.0 Å². The zero-order chi connectivity index (χ0) is 17.3. The number of sulfonamides is 1. The number of hydrogen-bond donors (Lipinski definition) is 1. The summed E-state index contributed by atoms with van der Waals surface area (Å²) in [4.78, 5) is 4.54. The highest BCUT2D eigenvalue weighted by Crippen LogP contribution is 2.26. The molecule has 25 heavy (non-hydrogen) atoms. The zero-order valence-corrected chi connectivity index (χ0v) is 13.9. The number of aromatic nitrogens is 1. The van der Waals surface area contributed by atoms with Crippen LogP contribution in [0, 0.1) is 0 Å². The molecule has 0 fully saturated rings. The molecular weight excluding hydrogens is 336 g/mol. The van der Waals surface area contributed by atoms with Crippen molar-refractivity contribution < 1.29 is 12.8 Å². The van der Waals surface area contributed by atoms with Gasteiger partial charge in [0, 0.05) is 11.3 Å². The van der Waals surface area contributed by atoms with Crippen molar-refractivity contribution >= 4 is 26.8 Å². The molecule has 0 aliphatic carbocycles. The summed E-state index contributed by atoms with van der Waals surface area (Å²) in [6.45, 7) is 0. The first-order chi connectivity index (χ1) is 12.1. The van der Waals surface area contributed by atoms with Gasteiger partial charge in [0.1, 0.15) is 5.52 Å². The Labute approximate surface area is 145 Å². The maximum absolute atomic E-state index is 12.6. The lowest BCUT2D eigenvalue weighted by Gasteiger charge is -2.07. The van der Waals surface area contributed by atoms with Gasteiger partial charge in [-0.15, -0.1) is 0 Å². The molecule has 1 aromatic heterocycles. The lowest BCUT2D eigenvalue weighted by Crippen LogP contribution is -2.12. The molecule has 0 aliphatic rings. The van der Waals surface area contributed by atoms with Crippen LogP contribution in [0.25, 0.3) is 22.6 Å². The van der Waals surface area contributed by atoms with Crippen LogP contribution in [0.3, 0.4) is 0 Å². The maximum atomic E-state index is 12.6. The fourth-order valence-electron chi connectivity index (χ4n) is 2.50. The van der Waals surface area contributed by atoms with Crippen LogP contribution in [0.2, 0.25) is 0 Å². The smallest absolute Gasteiger partial charge is 0.261 e. The van der Waals surface area contributed by atoms with Gasteiger partial charge in [-0.2, -0.15) is 0 Å². The van der Waals surface area contributed by atoms with E-state index in [4.69, 9.17) is 4.42 Å². The quantitative estimate of drug-likeness (QED) is 0.596. The van der Waals surface area contributed by atoms with Crippen LogP contribution in [-0.4, -0.2) is 13.4 Å². The van der Waals surface area contributed by atoms with Gasteiger partial charge in [-0.05, 0) is 42.5 Å². The molecule has 5 nitrogen and oxygen atoms in total. The second-order valence-corrected chi connectivity index (χ2v) is 7.17. The Balaban J connectivity index is 1.71. The number of para-hydroxylation sites is 1. The Morgan fingerprint density at radius 1 is 0.840 bits per heavy atom. The second kappa shape index (κ2) is 6.07. The predicted molar refractivity (Wildman–Crippen MR) is 96.7 cm³/mol. The fourth-order valence-corrected chi connectivity index (χ4v) is 3.58. The van der Waals surface area contributed by atoms with E-state index in [1.165, 1.54) is 12.1 Å². The average molecular weight is 350 g/mol. The van der Waals surface area contributed by atoms with Crippen LogP contribution in [0.5, 0.6) is 0 Å². The molecule has 0 amide bonds. The number of hydrogen-bond acceptors (Lipinski definition) is 4. The van der Waals surface area contributed by atoms with Crippen molar-refractivity contribution in [3.05, 3.63) is 78.9 Å². The Morgan fingerprint density at radius 3 is 2.24 bits per heavy atom. The van der Waals surface area contributed by atoms with Crippen molar-refractivity contribution in [2.24, 2.45) is 0 Å². The SMILES string of the molecule is O=S(=O)(Nc1ccccc1)c1ccc2oc(-c3ccccc3)nc2c1. The van der Waals surface area contributed by atoms with Gasteiger partial charge >= 0.3 is 0 Å². The first-order valence-electron chi connectivity index (χ1n) is 7.66. The van der Waals surface area contributed by atoms with Gasteiger partial charge in [0.25, 0.3) is 10.0 Å². The molecule has 4 rings (SSSR count). The number of rotatable bonds is 4. The minimum absolute atomic E-state index is 0.136. The first-order valence-corrected chi connectivity index (χ1v) is 9.14. The molecule has 0 spiro atoms. The average Bonchev–Trinajstić information content (AvgIpc) is 3.06. The lowest BCUT2D eigenvalue weighted by atomic mass is 10.2. The largest absolute Gasteiger partial charge is 0.436 e. The Kier molecular flexibility index (Phi) is 3.74. The molecule has 3 aromatic carbocycles. The molecule has 6 heteroatoms. The fraction of sp³-hybridized carbons (Fsp3) is 0. The summed E-state index contributed by atoms with van der Waals surface area (Å²) in [6.07, 6.45) is 0. The Bertz CT molecular complexity index is 1120. The zero-order valence-electron chi connectivity index (χ0n) is 13.1. The van der Waals surface area contributed by atoms with Gasteiger partial charge in [0.15, 0.2) is 5.58 Å². The summed E-state index contributed by atoms with van der Waals surface area (Å²) < 4.78 is 33.4. The van der Waals surface area contributed by atoms with Crippen LogP contribution < -0.4 is 4.72 Å².